The Labute approximate surface area is 155 Å². The quantitative estimate of drug-likeness (QED) is 0.544. The van der Waals surface area contributed by atoms with Gasteiger partial charge in [0.15, 0.2) is 5.82 Å². The van der Waals surface area contributed by atoms with Gasteiger partial charge in [-0.25, -0.2) is 20.4 Å². The molecule has 132 valence electrons. The molecule has 0 unspecified atom stereocenters. The molecule has 27 heavy (non-hydrogen) atoms. The largest absolute Gasteiger partial charge is 0.323 e. The second-order valence-electron chi connectivity index (χ2n) is 6.43. The number of aromatic nitrogens is 2. The zero-order valence-electron chi connectivity index (χ0n) is 14.3. The Bertz CT molecular complexity index is 1090. The Kier molecular flexibility index (Phi) is 3.48. The normalized spacial score (nSPS) is 14.1. The second-order valence-corrected chi connectivity index (χ2v) is 6.43. The number of nitrogens with one attached hydrogen (secondary N) is 1. The molecule has 3 heterocycles. The van der Waals surface area contributed by atoms with Crippen molar-refractivity contribution in [3.8, 4) is 0 Å². The predicted octanol–water partition coefficient (Wildman–Crippen LogP) is 2.77. The molecule has 0 aliphatic carbocycles. The summed E-state index contributed by atoms with van der Waals surface area (Å²) in [5.41, 5.74) is 7.85. The van der Waals surface area contributed by atoms with Gasteiger partial charge in [0.05, 0.1) is 17.6 Å². The lowest BCUT2D eigenvalue weighted by molar-refractivity contribution is 0.0706. The minimum Gasteiger partial charge on any atom is -0.323 e. The predicted molar refractivity (Wildman–Crippen MR) is 100 cm³/mol. The summed E-state index contributed by atoms with van der Waals surface area (Å²) in [4.78, 5) is 27.3. The lowest BCUT2D eigenvalue weighted by atomic mass is 9.97. The highest BCUT2D eigenvalue weighted by Gasteiger charge is 2.30. The Morgan fingerprint density at radius 1 is 1.15 bits per heavy atom. The minimum absolute atomic E-state index is 0.374. The first-order valence-corrected chi connectivity index (χ1v) is 8.59. The Hall–Kier alpha value is -3.58. The number of fused-ring (bicyclic) bond motifs is 2. The highest BCUT2D eigenvalue weighted by Crippen LogP contribution is 2.43. The molecule has 5 rings (SSSR count). The average Bonchev–Trinajstić information content (AvgIpc) is 3.10. The lowest BCUT2D eigenvalue weighted by Gasteiger charge is -2.19. The van der Waals surface area contributed by atoms with Crippen molar-refractivity contribution < 1.29 is 10.0 Å². The molecule has 2 N–H and O–H groups in total. The van der Waals surface area contributed by atoms with Crippen LogP contribution in [0.1, 0.15) is 27.0 Å². The highest BCUT2D eigenvalue weighted by atomic mass is 16.5. The highest BCUT2D eigenvalue weighted by molar-refractivity contribution is 6.19. The van der Waals surface area contributed by atoms with E-state index >= 15 is 0 Å². The van der Waals surface area contributed by atoms with Crippen molar-refractivity contribution in [2.45, 2.75) is 6.42 Å². The van der Waals surface area contributed by atoms with Crippen molar-refractivity contribution in [2.75, 3.05) is 11.4 Å². The molecule has 0 radical (unpaired) electrons. The van der Waals surface area contributed by atoms with Crippen molar-refractivity contribution in [2.24, 2.45) is 4.99 Å². The number of carbonyl (C=O) groups excluding carboxylic acids is 1. The number of benzene rings is 2. The molecule has 0 spiro atoms. The summed E-state index contributed by atoms with van der Waals surface area (Å²) in [5.74, 6) is 0.261. The van der Waals surface area contributed by atoms with Crippen LogP contribution in [0.3, 0.4) is 0 Å². The van der Waals surface area contributed by atoms with Crippen LogP contribution in [-0.2, 0) is 6.42 Å². The minimum atomic E-state index is -0.546. The number of hydroxylamine groups is 1. The number of para-hydroxylation sites is 1. The summed E-state index contributed by atoms with van der Waals surface area (Å²) in [7, 11) is 0. The van der Waals surface area contributed by atoms with Crippen molar-refractivity contribution in [1.82, 2.24) is 15.4 Å². The molecule has 3 aromatic rings. The average molecular weight is 357 g/mol. The van der Waals surface area contributed by atoms with E-state index in [1.54, 1.807) is 30.1 Å². The summed E-state index contributed by atoms with van der Waals surface area (Å²) in [5, 5.41) is 8.81. The van der Waals surface area contributed by atoms with Gasteiger partial charge in [-0.15, -0.1) is 0 Å². The zero-order valence-corrected chi connectivity index (χ0v) is 14.3. The SMILES string of the molecule is O=C(NO)c1ccc(C2=Nc3cncnc3N3CCc4cccc2c43)cc1. The van der Waals surface area contributed by atoms with E-state index in [0.29, 0.717) is 11.3 Å². The summed E-state index contributed by atoms with van der Waals surface area (Å²) in [6, 6.07) is 13.2. The van der Waals surface area contributed by atoms with Crippen LogP contribution in [-0.4, -0.2) is 33.3 Å². The molecule has 7 heteroatoms. The zero-order chi connectivity index (χ0) is 18.4. The fourth-order valence-electron chi connectivity index (χ4n) is 3.71. The first-order chi connectivity index (χ1) is 13.3. The van der Waals surface area contributed by atoms with Gasteiger partial charge in [-0.05, 0) is 24.1 Å². The monoisotopic (exact) mass is 357 g/mol. The number of hydrogen-bond acceptors (Lipinski definition) is 6. The fraction of sp³-hybridized carbons (Fsp3) is 0.100. The molecule has 7 nitrogen and oxygen atoms in total. The Morgan fingerprint density at radius 3 is 2.81 bits per heavy atom. The third-order valence-electron chi connectivity index (χ3n) is 4.93. The summed E-state index contributed by atoms with van der Waals surface area (Å²) >= 11 is 0. The van der Waals surface area contributed by atoms with E-state index in [1.807, 2.05) is 18.2 Å². The van der Waals surface area contributed by atoms with Crippen LogP contribution < -0.4 is 10.4 Å². The Morgan fingerprint density at radius 2 is 2.00 bits per heavy atom. The van der Waals surface area contributed by atoms with Crippen LogP contribution in [0.5, 0.6) is 0 Å². The van der Waals surface area contributed by atoms with E-state index in [0.717, 1.165) is 41.3 Å². The van der Waals surface area contributed by atoms with E-state index in [1.165, 1.54) is 5.56 Å². The number of anilines is 2. The fourth-order valence-corrected chi connectivity index (χ4v) is 3.71. The van der Waals surface area contributed by atoms with Gasteiger partial charge >= 0.3 is 0 Å². The van der Waals surface area contributed by atoms with Gasteiger partial charge in [0.1, 0.15) is 12.0 Å². The van der Waals surface area contributed by atoms with Crippen LogP contribution in [0, 0.1) is 0 Å². The maximum atomic E-state index is 11.6. The van der Waals surface area contributed by atoms with E-state index in [2.05, 4.69) is 27.0 Å². The van der Waals surface area contributed by atoms with Gasteiger partial charge in [-0.2, -0.15) is 0 Å². The molecule has 0 fully saturated rings. The molecule has 2 aromatic carbocycles. The van der Waals surface area contributed by atoms with Gasteiger partial charge in [-0.1, -0.05) is 30.3 Å². The smallest absolute Gasteiger partial charge is 0.274 e. The van der Waals surface area contributed by atoms with Crippen molar-refractivity contribution >= 4 is 28.8 Å². The summed E-state index contributed by atoms with van der Waals surface area (Å²) in [6.07, 6.45) is 4.22. The van der Waals surface area contributed by atoms with Crippen LogP contribution in [0.25, 0.3) is 0 Å². The van der Waals surface area contributed by atoms with Gasteiger partial charge < -0.3 is 4.90 Å². The second kappa shape index (κ2) is 6.00. The first kappa shape index (κ1) is 15.7. The van der Waals surface area contributed by atoms with Crippen LogP contribution in [0.15, 0.2) is 60.0 Å². The number of hydrogen-bond donors (Lipinski definition) is 2. The molecular weight excluding hydrogens is 342 g/mol. The van der Waals surface area contributed by atoms with E-state index < -0.39 is 5.91 Å². The topological polar surface area (TPSA) is 90.7 Å². The summed E-state index contributed by atoms with van der Waals surface area (Å²) in [6.45, 7) is 0.856. The number of amides is 1. The molecule has 0 atom stereocenters. The molecule has 1 aromatic heterocycles. The third-order valence-corrected chi connectivity index (χ3v) is 4.93. The number of aliphatic imine (C=N–C) groups is 1. The van der Waals surface area contributed by atoms with E-state index in [4.69, 9.17) is 10.2 Å². The van der Waals surface area contributed by atoms with Gasteiger partial charge in [0.2, 0.25) is 0 Å². The maximum Gasteiger partial charge on any atom is 0.274 e. The van der Waals surface area contributed by atoms with E-state index in [9.17, 15) is 4.79 Å². The van der Waals surface area contributed by atoms with E-state index in [-0.39, 0.29) is 0 Å². The molecule has 2 aliphatic heterocycles. The molecule has 0 saturated carbocycles. The van der Waals surface area contributed by atoms with Crippen molar-refractivity contribution in [1.29, 1.82) is 0 Å². The number of carbonyl (C=O) groups is 1. The molecule has 1 amide bonds. The number of nitrogens with zero attached hydrogens (tertiary/aromatic N) is 4. The van der Waals surface area contributed by atoms with Crippen LogP contribution in [0.2, 0.25) is 0 Å². The first-order valence-electron chi connectivity index (χ1n) is 8.59. The van der Waals surface area contributed by atoms with Crippen LogP contribution >= 0.6 is 0 Å². The third kappa shape index (κ3) is 2.40. The van der Waals surface area contributed by atoms with Gasteiger partial charge in [0, 0.05) is 23.2 Å². The lowest BCUT2D eigenvalue weighted by Crippen LogP contribution is -2.18. The van der Waals surface area contributed by atoms with Crippen molar-refractivity contribution in [3.63, 3.8) is 0 Å². The Balaban J connectivity index is 1.72. The maximum absolute atomic E-state index is 11.6. The molecular formula is C20H15N5O2. The standard InChI is InChI=1S/C20H15N5O2/c26-20(24-27)14-6-4-12(5-7-14)17-15-3-1-2-13-8-9-25(18(13)15)19-16(23-17)10-21-11-22-19/h1-7,10-11,27H,8-9H2,(H,24,26). The van der Waals surface area contributed by atoms with Crippen LogP contribution in [0.4, 0.5) is 17.2 Å². The van der Waals surface area contributed by atoms with Crippen molar-refractivity contribution in [3.05, 3.63) is 77.2 Å². The van der Waals surface area contributed by atoms with Gasteiger partial charge in [-0.3, -0.25) is 10.0 Å². The summed E-state index contributed by atoms with van der Waals surface area (Å²) < 4.78 is 0. The number of rotatable bonds is 2. The molecule has 0 bridgehead atoms. The molecule has 2 aliphatic rings. The van der Waals surface area contributed by atoms with Gasteiger partial charge in [0.25, 0.3) is 5.91 Å². The molecule has 0 saturated heterocycles.